The van der Waals surface area contributed by atoms with E-state index < -0.39 is 21.6 Å². The number of piperidine rings is 1. The van der Waals surface area contributed by atoms with Crippen LogP contribution in [0.4, 0.5) is 0 Å². The summed E-state index contributed by atoms with van der Waals surface area (Å²) in [7, 11) is -3.56. The zero-order valence-electron chi connectivity index (χ0n) is 17.3. The van der Waals surface area contributed by atoms with Gasteiger partial charge >= 0.3 is 5.97 Å². The van der Waals surface area contributed by atoms with Crippen LogP contribution >= 0.6 is 11.3 Å². The molecule has 4 rings (SSSR count). The van der Waals surface area contributed by atoms with E-state index >= 15 is 0 Å². The molecule has 0 atom stereocenters. The topological polar surface area (TPSA) is 87.2 Å². The normalized spacial score (nSPS) is 23.3. The molecule has 0 bridgehead atoms. The molecule has 0 aliphatic carbocycles. The van der Waals surface area contributed by atoms with Gasteiger partial charge < -0.3 is 14.5 Å². The van der Waals surface area contributed by atoms with Crippen molar-refractivity contribution in [3.8, 4) is 0 Å². The number of amides is 1. The fourth-order valence-corrected chi connectivity index (χ4v) is 7.09. The Balaban J connectivity index is 1.53. The van der Waals surface area contributed by atoms with Gasteiger partial charge in [-0.05, 0) is 24.9 Å². The lowest BCUT2D eigenvalue weighted by Gasteiger charge is -2.40. The van der Waals surface area contributed by atoms with Gasteiger partial charge in [0.2, 0.25) is 0 Å². The Morgan fingerprint density at radius 3 is 2.40 bits per heavy atom. The van der Waals surface area contributed by atoms with Crippen molar-refractivity contribution in [3.05, 3.63) is 28.7 Å². The maximum Gasteiger partial charge on any atom is 0.335 e. The summed E-state index contributed by atoms with van der Waals surface area (Å²) in [6.07, 6.45) is 0.577. The molecule has 0 N–H and O–H groups in total. The number of rotatable bonds is 4. The molecule has 1 spiro atoms. The van der Waals surface area contributed by atoms with Crippen LogP contribution in [-0.4, -0.2) is 85.8 Å². The Kier molecular flexibility index (Phi) is 5.78. The van der Waals surface area contributed by atoms with Gasteiger partial charge in [-0.3, -0.25) is 4.79 Å². The monoisotopic (exact) mass is 453 g/mol. The van der Waals surface area contributed by atoms with E-state index in [1.165, 1.54) is 15.6 Å². The van der Waals surface area contributed by atoms with E-state index in [4.69, 9.17) is 4.74 Å². The highest BCUT2D eigenvalue weighted by Gasteiger charge is 2.53. The Bertz CT molecular complexity index is 955. The van der Waals surface area contributed by atoms with Gasteiger partial charge in [0, 0.05) is 57.7 Å². The van der Waals surface area contributed by atoms with Crippen LogP contribution in [0.5, 0.6) is 0 Å². The number of hydrogen-bond acceptors (Lipinski definition) is 7. The third-order valence-electron chi connectivity index (χ3n) is 6.36. The first kappa shape index (κ1) is 21.5. The van der Waals surface area contributed by atoms with Crippen molar-refractivity contribution in [1.29, 1.82) is 0 Å². The molecule has 0 radical (unpaired) electrons. The molecule has 0 unspecified atom stereocenters. The van der Waals surface area contributed by atoms with E-state index in [0.29, 0.717) is 28.4 Å². The molecule has 4 heterocycles. The molecular weight excluding hydrogens is 426 g/mol. The van der Waals surface area contributed by atoms with Gasteiger partial charge in [0.25, 0.3) is 15.9 Å². The zero-order chi connectivity index (χ0) is 21.5. The molecule has 2 fully saturated rings. The van der Waals surface area contributed by atoms with Crippen LogP contribution in [0.3, 0.4) is 0 Å². The second-order valence-corrected chi connectivity index (χ2v) is 11.1. The predicted octanol–water partition coefficient (Wildman–Crippen LogP) is 1.31. The van der Waals surface area contributed by atoms with Crippen LogP contribution in [-0.2, 0) is 24.3 Å². The van der Waals surface area contributed by atoms with Crippen molar-refractivity contribution in [3.63, 3.8) is 0 Å². The standard InChI is InChI=1S/C20H27N3O5S2/c1-3-21-10-12-22(13-11-21)18(24)17-15(2)19(25)28-20(17)6-8-23(9-7-20)30(26,27)16-5-4-14-29-16/h4-5,14H,3,6-13H2,1-2H3. The number of nitrogens with zero attached hydrogens (tertiary/aromatic N) is 3. The van der Waals surface area contributed by atoms with Gasteiger partial charge in [-0.25, -0.2) is 13.2 Å². The minimum Gasteiger partial charge on any atom is -0.450 e. The number of carbonyl (C=O) groups excluding carboxylic acids is 2. The minimum absolute atomic E-state index is 0.149. The molecule has 0 saturated carbocycles. The van der Waals surface area contributed by atoms with Crippen LogP contribution in [0.1, 0.15) is 26.7 Å². The summed E-state index contributed by atoms with van der Waals surface area (Å²) in [6, 6.07) is 3.30. The lowest BCUT2D eigenvalue weighted by Crippen LogP contribution is -2.53. The van der Waals surface area contributed by atoms with Crippen LogP contribution in [0.15, 0.2) is 32.9 Å². The van der Waals surface area contributed by atoms with Crippen molar-refractivity contribution in [1.82, 2.24) is 14.1 Å². The highest BCUT2D eigenvalue weighted by atomic mass is 32.2. The van der Waals surface area contributed by atoms with Gasteiger partial charge in [-0.1, -0.05) is 13.0 Å². The molecule has 1 amide bonds. The van der Waals surface area contributed by atoms with Crippen molar-refractivity contribution in [2.45, 2.75) is 36.5 Å². The van der Waals surface area contributed by atoms with Gasteiger partial charge in [0.1, 0.15) is 9.81 Å². The smallest absolute Gasteiger partial charge is 0.335 e. The number of piperazine rings is 1. The number of ether oxygens (including phenoxy) is 1. The molecular formula is C20H27N3O5S2. The van der Waals surface area contributed by atoms with Crippen molar-refractivity contribution < 1.29 is 22.7 Å². The first-order chi connectivity index (χ1) is 14.3. The third kappa shape index (κ3) is 3.59. The Labute approximate surface area is 181 Å². The molecule has 8 nitrogen and oxygen atoms in total. The van der Waals surface area contributed by atoms with Crippen LogP contribution < -0.4 is 0 Å². The summed E-state index contributed by atoms with van der Waals surface area (Å²) >= 11 is 1.19. The van der Waals surface area contributed by atoms with Gasteiger partial charge in [0.05, 0.1) is 5.57 Å². The molecule has 2 saturated heterocycles. The summed E-state index contributed by atoms with van der Waals surface area (Å²) in [5.41, 5.74) is -0.250. The zero-order valence-corrected chi connectivity index (χ0v) is 18.9. The number of sulfonamides is 1. The summed E-state index contributed by atoms with van der Waals surface area (Å²) < 4.78 is 33.1. The van der Waals surface area contributed by atoms with E-state index in [0.717, 1.165) is 19.6 Å². The largest absolute Gasteiger partial charge is 0.450 e. The molecule has 1 aromatic heterocycles. The maximum absolute atomic E-state index is 13.4. The number of carbonyl (C=O) groups is 2. The van der Waals surface area contributed by atoms with Crippen LogP contribution in [0.25, 0.3) is 0 Å². The first-order valence-electron chi connectivity index (χ1n) is 10.3. The molecule has 3 aliphatic heterocycles. The second-order valence-electron chi connectivity index (χ2n) is 7.95. The average molecular weight is 454 g/mol. The van der Waals surface area contributed by atoms with Gasteiger partial charge in [-0.15, -0.1) is 11.3 Å². The van der Waals surface area contributed by atoms with Crippen molar-refractivity contribution in [2.24, 2.45) is 0 Å². The molecule has 0 aromatic carbocycles. The highest BCUT2D eigenvalue weighted by molar-refractivity contribution is 7.91. The van der Waals surface area contributed by atoms with E-state index in [1.54, 1.807) is 29.3 Å². The summed E-state index contributed by atoms with van der Waals surface area (Å²) in [4.78, 5) is 29.9. The summed E-state index contributed by atoms with van der Waals surface area (Å²) in [5, 5.41) is 1.73. The number of hydrogen-bond donors (Lipinski definition) is 0. The lowest BCUT2D eigenvalue weighted by molar-refractivity contribution is -0.150. The average Bonchev–Trinajstić information content (AvgIpc) is 3.36. The fraction of sp³-hybridized carbons (Fsp3) is 0.600. The molecule has 164 valence electrons. The Hall–Kier alpha value is -1.75. The predicted molar refractivity (Wildman–Crippen MR) is 113 cm³/mol. The molecule has 1 aromatic rings. The second kappa shape index (κ2) is 8.07. The highest BCUT2D eigenvalue weighted by Crippen LogP contribution is 2.43. The number of thiophene rings is 1. The fourth-order valence-electron chi connectivity index (χ4n) is 4.51. The lowest BCUT2D eigenvalue weighted by atomic mass is 9.83. The number of esters is 1. The third-order valence-corrected chi connectivity index (χ3v) is 9.64. The Morgan fingerprint density at radius 1 is 1.17 bits per heavy atom. The van der Waals surface area contributed by atoms with E-state index in [2.05, 4.69) is 11.8 Å². The van der Waals surface area contributed by atoms with Crippen LogP contribution in [0, 0.1) is 0 Å². The van der Waals surface area contributed by atoms with Crippen LogP contribution in [0.2, 0.25) is 0 Å². The summed E-state index contributed by atoms with van der Waals surface area (Å²) in [5.74, 6) is -0.622. The number of likely N-dealkylation sites (N-methyl/N-ethyl adjacent to an activating group) is 1. The first-order valence-corrected chi connectivity index (χ1v) is 12.6. The summed E-state index contributed by atoms with van der Waals surface area (Å²) in [6.45, 7) is 7.96. The van der Waals surface area contributed by atoms with E-state index in [1.807, 2.05) is 0 Å². The van der Waals surface area contributed by atoms with Gasteiger partial charge in [-0.2, -0.15) is 4.31 Å². The van der Waals surface area contributed by atoms with E-state index in [9.17, 15) is 18.0 Å². The Morgan fingerprint density at radius 2 is 1.83 bits per heavy atom. The molecule has 3 aliphatic rings. The van der Waals surface area contributed by atoms with Crippen molar-refractivity contribution >= 4 is 33.2 Å². The quantitative estimate of drug-likeness (QED) is 0.639. The van der Waals surface area contributed by atoms with Gasteiger partial charge in [0.15, 0.2) is 0 Å². The maximum atomic E-state index is 13.4. The molecule has 10 heteroatoms. The van der Waals surface area contributed by atoms with Crippen molar-refractivity contribution in [2.75, 3.05) is 45.8 Å². The SMILES string of the molecule is CCN1CCN(C(=O)C2=C(C)C(=O)OC23CCN(S(=O)(=O)c2cccs2)CC3)CC1. The van der Waals surface area contributed by atoms with E-state index in [-0.39, 0.29) is 31.8 Å². The molecule has 30 heavy (non-hydrogen) atoms. The minimum atomic E-state index is -3.56.